The number of hydrogen-bond donors (Lipinski definition) is 1. The lowest BCUT2D eigenvalue weighted by molar-refractivity contribution is -0.139. The van der Waals surface area contributed by atoms with Crippen molar-refractivity contribution >= 4 is 49.9 Å². The largest absolute Gasteiger partial charge is 0.354 e. The fourth-order valence-electron chi connectivity index (χ4n) is 3.87. The molecule has 0 fully saturated rings. The Hall–Kier alpha value is -3.10. The normalized spacial score (nSPS) is 12.4. The van der Waals surface area contributed by atoms with Crippen LogP contribution in [0.5, 0.6) is 0 Å². The van der Waals surface area contributed by atoms with Crippen LogP contribution in [0.15, 0.2) is 66.7 Å². The van der Waals surface area contributed by atoms with E-state index in [2.05, 4.69) is 5.32 Å². The van der Waals surface area contributed by atoms with Crippen LogP contribution in [0.2, 0.25) is 5.02 Å². The number of sulfonamides is 1. The lowest BCUT2D eigenvalue weighted by Gasteiger charge is -2.32. The van der Waals surface area contributed by atoms with Crippen LogP contribution >= 0.6 is 11.6 Å². The van der Waals surface area contributed by atoms with E-state index in [4.69, 9.17) is 11.6 Å². The van der Waals surface area contributed by atoms with Crippen LogP contribution < -0.4 is 9.62 Å². The van der Waals surface area contributed by atoms with Gasteiger partial charge < -0.3 is 10.2 Å². The maximum absolute atomic E-state index is 13.7. The van der Waals surface area contributed by atoms with Gasteiger partial charge in [0.05, 0.1) is 11.9 Å². The first-order valence-corrected chi connectivity index (χ1v) is 14.0. The van der Waals surface area contributed by atoms with Crippen LogP contribution in [0.25, 0.3) is 10.8 Å². The number of nitrogens with zero attached hydrogens (tertiary/aromatic N) is 2. The highest BCUT2D eigenvalue weighted by Gasteiger charge is 2.31. The average Bonchev–Trinajstić information content (AvgIpc) is 2.83. The second-order valence-electron chi connectivity index (χ2n) is 9.20. The van der Waals surface area contributed by atoms with E-state index in [1.807, 2.05) is 44.2 Å². The highest BCUT2D eigenvalue weighted by atomic mass is 35.5. The number of fused-ring (bicyclic) bond motifs is 1. The standard InChI is InChI=1S/C27H32ClN3O4S/c1-19(2)16-29-27(33)20(3)30(17-22-11-6-8-14-24(22)28)26(32)18-31(36(4,34)35)25-15-9-12-21-10-5-7-13-23(21)25/h5-15,19-20H,16-18H2,1-4H3,(H,29,33). The highest BCUT2D eigenvalue weighted by molar-refractivity contribution is 7.92. The molecule has 0 aliphatic carbocycles. The molecule has 192 valence electrons. The summed E-state index contributed by atoms with van der Waals surface area (Å²) in [6.45, 7) is 5.65. The van der Waals surface area contributed by atoms with Gasteiger partial charge in [0.25, 0.3) is 0 Å². The summed E-state index contributed by atoms with van der Waals surface area (Å²) in [7, 11) is -3.83. The molecule has 1 atom stereocenters. The molecule has 0 aromatic heterocycles. The monoisotopic (exact) mass is 529 g/mol. The van der Waals surface area contributed by atoms with Gasteiger partial charge in [-0.2, -0.15) is 0 Å². The molecule has 0 aliphatic rings. The molecule has 0 saturated carbocycles. The predicted molar refractivity (Wildman–Crippen MR) is 145 cm³/mol. The Kier molecular flexibility index (Phi) is 8.98. The molecule has 0 saturated heterocycles. The van der Waals surface area contributed by atoms with Gasteiger partial charge in [-0.1, -0.05) is 80.0 Å². The SMILES string of the molecule is CC(C)CNC(=O)C(C)N(Cc1ccccc1Cl)C(=O)CN(c1cccc2ccccc12)S(C)(=O)=O. The number of amides is 2. The lowest BCUT2D eigenvalue weighted by Crippen LogP contribution is -2.51. The minimum absolute atomic E-state index is 0.0575. The van der Waals surface area contributed by atoms with Crippen molar-refractivity contribution in [3.63, 3.8) is 0 Å². The third-order valence-corrected chi connectivity index (χ3v) is 7.36. The molecule has 0 aliphatic heterocycles. The first-order valence-electron chi connectivity index (χ1n) is 11.7. The van der Waals surface area contributed by atoms with E-state index in [0.717, 1.165) is 15.9 Å². The fourth-order valence-corrected chi connectivity index (χ4v) is 4.92. The molecular formula is C27H32ClN3O4S. The van der Waals surface area contributed by atoms with Crippen molar-refractivity contribution in [2.45, 2.75) is 33.4 Å². The highest BCUT2D eigenvalue weighted by Crippen LogP contribution is 2.29. The topological polar surface area (TPSA) is 86.8 Å². The number of hydrogen-bond acceptors (Lipinski definition) is 4. The molecule has 1 unspecified atom stereocenters. The summed E-state index contributed by atoms with van der Waals surface area (Å²) in [5.74, 6) is -0.596. The van der Waals surface area contributed by atoms with Crippen LogP contribution in [-0.2, 0) is 26.2 Å². The van der Waals surface area contributed by atoms with Crippen LogP contribution in [0.3, 0.4) is 0 Å². The molecule has 0 heterocycles. The molecule has 0 radical (unpaired) electrons. The molecule has 3 aromatic carbocycles. The molecular weight excluding hydrogens is 498 g/mol. The van der Waals surface area contributed by atoms with Crippen molar-refractivity contribution in [1.82, 2.24) is 10.2 Å². The number of carbonyl (C=O) groups excluding carboxylic acids is 2. The minimum atomic E-state index is -3.83. The molecule has 36 heavy (non-hydrogen) atoms. The number of anilines is 1. The minimum Gasteiger partial charge on any atom is -0.354 e. The summed E-state index contributed by atoms with van der Waals surface area (Å²) in [6.07, 6.45) is 1.07. The van der Waals surface area contributed by atoms with Gasteiger partial charge >= 0.3 is 0 Å². The maximum Gasteiger partial charge on any atom is 0.244 e. The average molecular weight is 530 g/mol. The van der Waals surface area contributed by atoms with Gasteiger partial charge in [-0.3, -0.25) is 13.9 Å². The summed E-state index contributed by atoms with van der Waals surface area (Å²) in [6, 6.07) is 18.9. The van der Waals surface area contributed by atoms with E-state index in [1.54, 1.807) is 43.3 Å². The van der Waals surface area contributed by atoms with Gasteiger partial charge in [-0.05, 0) is 35.9 Å². The van der Waals surface area contributed by atoms with E-state index >= 15 is 0 Å². The number of nitrogens with one attached hydrogen (secondary N) is 1. The zero-order valence-corrected chi connectivity index (χ0v) is 22.5. The zero-order chi connectivity index (χ0) is 26.5. The Balaban J connectivity index is 1.98. The number of carbonyl (C=O) groups is 2. The Morgan fingerprint density at radius 3 is 2.25 bits per heavy atom. The van der Waals surface area contributed by atoms with Crippen molar-refractivity contribution in [3.05, 3.63) is 77.3 Å². The lowest BCUT2D eigenvalue weighted by atomic mass is 10.1. The molecule has 0 spiro atoms. The zero-order valence-electron chi connectivity index (χ0n) is 20.9. The van der Waals surface area contributed by atoms with Gasteiger partial charge in [-0.25, -0.2) is 8.42 Å². The summed E-state index contributed by atoms with van der Waals surface area (Å²) >= 11 is 6.35. The van der Waals surface area contributed by atoms with E-state index in [0.29, 0.717) is 28.2 Å². The molecule has 7 nitrogen and oxygen atoms in total. The molecule has 3 aromatic rings. The van der Waals surface area contributed by atoms with Crippen LogP contribution in [-0.4, -0.2) is 50.5 Å². The summed E-state index contributed by atoms with van der Waals surface area (Å²) in [4.78, 5) is 28.0. The Bertz CT molecular complexity index is 1340. The van der Waals surface area contributed by atoms with Crippen molar-refractivity contribution < 1.29 is 18.0 Å². The maximum atomic E-state index is 13.7. The van der Waals surface area contributed by atoms with Crippen molar-refractivity contribution in [3.8, 4) is 0 Å². The van der Waals surface area contributed by atoms with Gasteiger partial charge in [0.1, 0.15) is 12.6 Å². The summed E-state index contributed by atoms with van der Waals surface area (Å²) in [5.41, 5.74) is 1.06. The van der Waals surface area contributed by atoms with E-state index in [9.17, 15) is 18.0 Å². The predicted octanol–water partition coefficient (Wildman–Crippen LogP) is 4.45. The second kappa shape index (κ2) is 11.8. The van der Waals surface area contributed by atoms with Crippen LogP contribution in [0.1, 0.15) is 26.3 Å². The first kappa shape index (κ1) is 27.5. The third kappa shape index (κ3) is 6.77. The molecule has 1 N–H and O–H groups in total. The van der Waals surface area contributed by atoms with Crippen molar-refractivity contribution in [1.29, 1.82) is 0 Å². The van der Waals surface area contributed by atoms with Crippen LogP contribution in [0, 0.1) is 5.92 Å². The van der Waals surface area contributed by atoms with Gasteiger partial charge in [0, 0.05) is 23.5 Å². The van der Waals surface area contributed by atoms with E-state index < -0.39 is 28.5 Å². The smallest absolute Gasteiger partial charge is 0.244 e. The quantitative estimate of drug-likeness (QED) is 0.420. The van der Waals surface area contributed by atoms with Crippen LogP contribution in [0.4, 0.5) is 5.69 Å². The summed E-state index contributed by atoms with van der Waals surface area (Å²) < 4.78 is 26.9. The molecule has 0 bridgehead atoms. The number of rotatable bonds is 10. The Labute approximate surface area is 218 Å². The van der Waals surface area contributed by atoms with Gasteiger partial charge in [0.15, 0.2) is 0 Å². The second-order valence-corrected chi connectivity index (χ2v) is 11.5. The molecule has 2 amide bonds. The van der Waals surface area contributed by atoms with Crippen molar-refractivity contribution in [2.75, 3.05) is 23.7 Å². The number of benzene rings is 3. The van der Waals surface area contributed by atoms with E-state index in [1.165, 1.54) is 4.90 Å². The Morgan fingerprint density at radius 2 is 1.58 bits per heavy atom. The molecule has 3 rings (SSSR count). The van der Waals surface area contributed by atoms with Gasteiger partial charge in [0.2, 0.25) is 21.8 Å². The third-order valence-electron chi connectivity index (χ3n) is 5.86. The van der Waals surface area contributed by atoms with E-state index in [-0.39, 0.29) is 18.4 Å². The van der Waals surface area contributed by atoms with Gasteiger partial charge in [-0.15, -0.1) is 0 Å². The number of halogens is 1. The first-order chi connectivity index (χ1) is 17.0. The summed E-state index contributed by atoms with van der Waals surface area (Å²) in [5, 5.41) is 4.88. The van der Waals surface area contributed by atoms with Crippen molar-refractivity contribution in [2.24, 2.45) is 5.92 Å². The Morgan fingerprint density at radius 1 is 0.944 bits per heavy atom. The fraction of sp³-hybridized carbons (Fsp3) is 0.333. The molecule has 9 heteroatoms.